The summed E-state index contributed by atoms with van der Waals surface area (Å²) in [5, 5.41) is 19.9. The predicted molar refractivity (Wildman–Crippen MR) is 202 cm³/mol. The van der Waals surface area contributed by atoms with Crippen molar-refractivity contribution in [2.45, 2.75) is 174 Å². The summed E-state index contributed by atoms with van der Waals surface area (Å²) in [5.41, 5.74) is 0. The largest absolute Gasteiger partial charge is 0.463 e. The molecule has 0 saturated carbocycles. The van der Waals surface area contributed by atoms with E-state index >= 15 is 0 Å². The number of ether oxygens (including phenoxy) is 2. The molecule has 0 rings (SSSR count). The molecule has 2 N–H and O–H groups in total. The quantitative estimate of drug-likeness (QED) is 0.0312. The second kappa shape index (κ2) is 35.9. The van der Waals surface area contributed by atoms with Crippen molar-refractivity contribution in [1.82, 2.24) is 0 Å². The van der Waals surface area contributed by atoms with Crippen molar-refractivity contribution in [3.05, 3.63) is 60.8 Å². The molecule has 0 aliphatic carbocycles. The summed E-state index contributed by atoms with van der Waals surface area (Å²) in [6.07, 6.45) is 41.7. The fourth-order valence-electron chi connectivity index (χ4n) is 5.10. The van der Waals surface area contributed by atoms with Crippen molar-refractivity contribution >= 4 is 11.9 Å². The average molecular weight is 673 g/mol. The van der Waals surface area contributed by atoms with E-state index < -0.39 is 12.2 Å². The van der Waals surface area contributed by atoms with Gasteiger partial charge in [0.25, 0.3) is 0 Å². The second-order valence-corrected chi connectivity index (χ2v) is 13.4. The standard InChI is InChI=1S/C42H72O6/c1-4-5-6-7-22-27-32-39(43)33-28-23-18-15-16-20-25-30-35-42(46)48-37-40(44)36-47-41(45)34-29-24-19-14-12-10-8-9-11-13-17-21-26-31-38(2)3/h5-6,16,18,20,22-23,27-28,33,38-40,43-44H,4,7-15,17,19,21,24-26,29-32,34-37H2,1-3H3/b6-5-,20-16-,23-18-,27-22-,33-28+/t39?,40-/m1/s1. The van der Waals surface area contributed by atoms with Crippen LogP contribution >= 0.6 is 0 Å². The molecule has 0 fully saturated rings. The van der Waals surface area contributed by atoms with Crippen LogP contribution in [0.15, 0.2) is 60.8 Å². The predicted octanol–water partition coefficient (Wildman–Crippen LogP) is 10.8. The van der Waals surface area contributed by atoms with E-state index in [9.17, 15) is 19.8 Å². The molecule has 0 aromatic carbocycles. The molecule has 0 amide bonds. The molecule has 6 nitrogen and oxygen atoms in total. The fourth-order valence-corrected chi connectivity index (χ4v) is 5.10. The first-order valence-electron chi connectivity index (χ1n) is 19.3. The number of hydrogen-bond acceptors (Lipinski definition) is 6. The fraction of sp³-hybridized carbons (Fsp3) is 0.714. The molecule has 276 valence electrons. The number of esters is 2. The number of carbonyl (C=O) groups is 2. The smallest absolute Gasteiger partial charge is 0.305 e. The van der Waals surface area contributed by atoms with E-state index in [1.54, 1.807) is 6.08 Å². The molecule has 0 aliphatic rings. The first kappa shape index (κ1) is 45.6. The van der Waals surface area contributed by atoms with E-state index in [1.165, 1.54) is 70.6 Å². The molecular weight excluding hydrogens is 600 g/mol. The van der Waals surface area contributed by atoms with Gasteiger partial charge in [-0.15, -0.1) is 0 Å². The molecular formula is C42H72O6. The minimum Gasteiger partial charge on any atom is -0.463 e. The number of aliphatic hydroxyl groups is 2. The summed E-state index contributed by atoms with van der Waals surface area (Å²) < 4.78 is 10.3. The highest BCUT2D eigenvalue weighted by molar-refractivity contribution is 5.69. The first-order chi connectivity index (χ1) is 23.3. The van der Waals surface area contributed by atoms with Crippen molar-refractivity contribution in [3.63, 3.8) is 0 Å². The third-order valence-electron chi connectivity index (χ3n) is 8.03. The number of allylic oxidation sites excluding steroid dienone is 8. The Hall–Kier alpha value is -2.44. The van der Waals surface area contributed by atoms with Crippen molar-refractivity contribution in [3.8, 4) is 0 Å². The minimum atomic E-state index is -1.01. The lowest BCUT2D eigenvalue weighted by atomic mass is 10.0. The van der Waals surface area contributed by atoms with Crippen LogP contribution in [0.4, 0.5) is 0 Å². The summed E-state index contributed by atoms with van der Waals surface area (Å²) in [4.78, 5) is 23.9. The number of aliphatic hydroxyl groups excluding tert-OH is 2. The second-order valence-electron chi connectivity index (χ2n) is 13.4. The molecule has 0 aromatic heterocycles. The van der Waals surface area contributed by atoms with Crippen LogP contribution in [0, 0.1) is 5.92 Å². The van der Waals surface area contributed by atoms with Crippen LogP contribution in [0.2, 0.25) is 0 Å². The Balaban J connectivity index is 3.61. The van der Waals surface area contributed by atoms with E-state index in [0.29, 0.717) is 19.3 Å². The zero-order chi connectivity index (χ0) is 35.3. The zero-order valence-corrected chi connectivity index (χ0v) is 31.0. The normalized spacial score (nSPS) is 13.6. The summed E-state index contributed by atoms with van der Waals surface area (Å²) in [5.74, 6) is 0.169. The molecule has 0 radical (unpaired) electrons. The summed E-state index contributed by atoms with van der Waals surface area (Å²) in [6, 6.07) is 0. The SMILES string of the molecule is CC/C=C\C/C=C\CC(O)/C=C/C=C\C/C=C\CCCC(=O)OC[C@H](O)COC(=O)CCCCCCCCCCCCCCCC(C)C. The van der Waals surface area contributed by atoms with Gasteiger partial charge in [-0.3, -0.25) is 9.59 Å². The van der Waals surface area contributed by atoms with Crippen LogP contribution in [0.1, 0.15) is 162 Å². The van der Waals surface area contributed by atoms with E-state index in [2.05, 4.69) is 39.0 Å². The summed E-state index contributed by atoms with van der Waals surface area (Å²) >= 11 is 0. The molecule has 0 aromatic rings. The molecule has 6 heteroatoms. The van der Waals surface area contributed by atoms with Gasteiger partial charge in [0.05, 0.1) is 6.10 Å². The number of hydrogen-bond donors (Lipinski definition) is 2. The minimum absolute atomic E-state index is 0.150. The summed E-state index contributed by atoms with van der Waals surface area (Å²) in [6.45, 7) is 6.40. The number of carbonyl (C=O) groups excluding carboxylic acids is 2. The highest BCUT2D eigenvalue weighted by Crippen LogP contribution is 2.15. The van der Waals surface area contributed by atoms with Gasteiger partial charge in [-0.05, 0) is 50.9 Å². The maximum absolute atomic E-state index is 12.0. The van der Waals surface area contributed by atoms with Crippen LogP contribution in [0.3, 0.4) is 0 Å². The maximum atomic E-state index is 12.0. The lowest BCUT2D eigenvalue weighted by Crippen LogP contribution is -2.25. The van der Waals surface area contributed by atoms with Crippen LogP contribution in [-0.2, 0) is 19.1 Å². The van der Waals surface area contributed by atoms with E-state index in [0.717, 1.165) is 50.9 Å². The lowest BCUT2D eigenvalue weighted by molar-refractivity contribution is -0.152. The van der Waals surface area contributed by atoms with Gasteiger partial charge in [0.2, 0.25) is 0 Å². The van der Waals surface area contributed by atoms with Gasteiger partial charge >= 0.3 is 11.9 Å². The highest BCUT2D eigenvalue weighted by atomic mass is 16.6. The third kappa shape index (κ3) is 36.4. The van der Waals surface area contributed by atoms with Gasteiger partial charge in [0, 0.05) is 12.8 Å². The third-order valence-corrected chi connectivity index (χ3v) is 8.03. The van der Waals surface area contributed by atoms with Crippen molar-refractivity contribution in [1.29, 1.82) is 0 Å². The van der Waals surface area contributed by atoms with Gasteiger partial charge in [0.1, 0.15) is 19.3 Å². The van der Waals surface area contributed by atoms with E-state index in [1.807, 2.05) is 36.5 Å². The van der Waals surface area contributed by atoms with Gasteiger partial charge in [-0.25, -0.2) is 0 Å². The molecule has 0 aliphatic heterocycles. The van der Waals surface area contributed by atoms with Crippen LogP contribution in [0.25, 0.3) is 0 Å². The van der Waals surface area contributed by atoms with E-state index in [4.69, 9.17) is 9.47 Å². The van der Waals surface area contributed by atoms with Gasteiger partial charge < -0.3 is 19.7 Å². The molecule has 0 bridgehead atoms. The van der Waals surface area contributed by atoms with Crippen LogP contribution in [0.5, 0.6) is 0 Å². The monoisotopic (exact) mass is 673 g/mol. The number of unbranched alkanes of at least 4 members (excludes halogenated alkanes) is 13. The molecule has 2 atom stereocenters. The Labute approximate surface area is 294 Å². The van der Waals surface area contributed by atoms with Gasteiger partial charge in [-0.1, -0.05) is 165 Å². The first-order valence-corrected chi connectivity index (χ1v) is 19.3. The Bertz CT molecular complexity index is 885. The number of rotatable bonds is 33. The highest BCUT2D eigenvalue weighted by Gasteiger charge is 2.12. The topological polar surface area (TPSA) is 93.1 Å². The van der Waals surface area contributed by atoms with Gasteiger partial charge in [0.15, 0.2) is 0 Å². The molecule has 0 heterocycles. The van der Waals surface area contributed by atoms with Crippen molar-refractivity contribution in [2.24, 2.45) is 5.92 Å². The van der Waals surface area contributed by atoms with Crippen molar-refractivity contribution < 1.29 is 29.3 Å². The zero-order valence-electron chi connectivity index (χ0n) is 31.0. The van der Waals surface area contributed by atoms with Crippen molar-refractivity contribution in [2.75, 3.05) is 13.2 Å². The Morgan fingerprint density at radius 2 is 1.08 bits per heavy atom. The maximum Gasteiger partial charge on any atom is 0.305 e. The Morgan fingerprint density at radius 1 is 0.583 bits per heavy atom. The lowest BCUT2D eigenvalue weighted by Gasteiger charge is -2.12. The van der Waals surface area contributed by atoms with E-state index in [-0.39, 0.29) is 31.6 Å². The average Bonchev–Trinajstić information content (AvgIpc) is 3.06. The molecule has 1 unspecified atom stereocenters. The Morgan fingerprint density at radius 3 is 1.67 bits per heavy atom. The molecule has 0 saturated heterocycles. The molecule has 48 heavy (non-hydrogen) atoms. The van der Waals surface area contributed by atoms with Crippen LogP contribution < -0.4 is 0 Å². The summed E-state index contributed by atoms with van der Waals surface area (Å²) in [7, 11) is 0. The Kier molecular flexibility index (Phi) is 34.0. The molecule has 0 spiro atoms. The van der Waals surface area contributed by atoms with Crippen LogP contribution in [-0.4, -0.2) is 47.6 Å². The van der Waals surface area contributed by atoms with Gasteiger partial charge in [-0.2, -0.15) is 0 Å².